The van der Waals surface area contributed by atoms with Crippen molar-refractivity contribution in [1.29, 1.82) is 0 Å². The van der Waals surface area contributed by atoms with Gasteiger partial charge < -0.3 is 35.9 Å². The molecule has 3 saturated heterocycles. The number of nitrogens with zero attached hydrogens (tertiary/aromatic N) is 3. The molecule has 0 bridgehead atoms. The number of carbonyl (C=O) groups is 6. The molecule has 6 atom stereocenters. The molecule has 198 valence electrons. The first-order valence-electron chi connectivity index (χ1n) is 10.2. The van der Waals surface area contributed by atoms with Gasteiger partial charge in [-0.3, -0.25) is 28.3 Å². The third kappa shape index (κ3) is 4.35. The van der Waals surface area contributed by atoms with Crippen molar-refractivity contribution in [2.75, 3.05) is 11.5 Å². The molecular formula is C18H17N5O12S2. The average Bonchev–Trinajstić information content (AvgIpc) is 3.37. The zero-order chi connectivity index (χ0) is 27.2. The number of carboxylic acids is 3. The number of hydrogen-bond donors (Lipinski definition) is 5. The first-order chi connectivity index (χ1) is 17.4. The second kappa shape index (κ2) is 9.39. The lowest BCUT2D eigenvalue weighted by Gasteiger charge is -2.56. The summed E-state index contributed by atoms with van der Waals surface area (Å²) in [5.74, 6) is -9.24. The van der Waals surface area contributed by atoms with Crippen LogP contribution in [0.2, 0.25) is 0 Å². The monoisotopic (exact) mass is 559 g/mol. The first kappa shape index (κ1) is 25.9. The molecule has 19 heteroatoms. The van der Waals surface area contributed by atoms with Gasteiger partial charge in [0.2, 0.25) is 6.10 Å². The minimum Gasteiger partial charge on any atom is -0.481 e. The van der Waals surface area contributed by atoms with E-state index >= 15 is 0 Å². The highest BCUT2D eigenvalue weighted by Gasteiger charge is 2.73. The lowest BCUT2D eigenvalue weighted by Crippen LogP contribution is -2.83. The normalized spacial score (nSPS) is 29.3. The molecule has 0 spiro atoms. The topological polar surface area (TPSA) is 265 Å². The highest BCUT2D eigenvalue weighted by atomic mass is 32.2. The highest BCUT2D eigenvalue weighted by molar-refractivity contribution is 7.85. The van der Waals surface area contributed by atoms with Gasteiger partial charge in [-0.2, -0.15) is 0 Å². The number of carboxylic acid groups (broad SMARTS) is 3. The maximum Gasteiger partial charge on any atom is 0.370 e. The number of hydrogen-bond acceptors (Lipinski definition) is 13. The number of aromatic nitrogens is 1. The van der Waals surface area contributed by atoms with Crippen LogP contribution in [0.4, 0.5) is 5.13 Å². The number of oxime groups is 1. The fourth-order valence-corrected chi connectivity index (χ4v) is 6.62. The number of esters is 1. The Morgan fingerprint density at radius 3 is 2.62 bits per heavy atom. The number of fused-ring (bicyclic) bond motifs is 3. The largest absolute Gasteiger partial charge is 0.481 e. The fourth-order valence-electron chi connectivity index (χ4n) is 4.15. The molecule has 4 rings (SSSR count). The Morgan fingerprint density at radius 1 is 1.35 bits per heavy atom. The lowest BCUT2D eigenvalue weighted by atomic mass is 9.89. The minimum atomic E-state index is -2.36. The Labute approximate surface area is 211 Å². The standard InChI is InChI=1S/C18H17N5O12S2/c19-17-20-6(3-36-17)10(22-35-7(15(29)30)2-8(24)25)12(27)21-11-13(28)23-14(11)37(33)4-5-1-9(26)34-18(5,23)16(31)32/h3,5,7,11,14H,1-2,4H2,(H2,19,20)(H,21,27)(H,24,25)(H,29,30)(H,31,32)/b22-10-/t5-,7+,11+,14+,18+,37+/m0/s1. The summed E-state index contributed by atoms with van der Waals surface area (Å²) in [6.45, 7) is 0. The van der Waals surface area contributed by atoms with Gasteiger partial charge in [0, 0.05) is 21.9 Å². The predicted octanol–water partition coefficient (Wildman–Crippen LogP) is -2.87. The summed E-state index contributed by atoms with van der Waals surface area (Å²) < 4.78 is 17.9. The summed E-state index contributed by atoms with van der Waals surface area (Å²) in [5, 5.41) is 33.3. The van der Waals surface area contributed by atoms with Gasteiger partial charge in [-0.05, 0) is 0 Å². The molecule has 6 N–H and O–H groups in total. The molecule has 0 radical (unpaired) electrons. The Balaban J connectivity index is 1.60. The van der Waals surface area contributed by atoms with E-state index in [1.807, 2.05) is 0 Å². The Morgan fingerprint density at radius 2 is 2.05 bits per heavy atom. The van der Waals surface area contributed by atoms with E-state index in [0.717, 1.165) is 11.3 Å². The number of amides is 2. The number of carbonyl (C=O) groups excluding carboxylic acids is 3. The van der Waals surface area contributed by atoms with Crippen molar-refractivity contribution in [3.63, 3.8) is 0 Å². The molecule has 0 aliphatic carbocycles. The van der Waals surface area contributed by atoms with Crippen LogP contribution >= 0.6 is 11.3 Å². The number of nitrogens with two attached hydrogens (primary N) is 1. The van der Waals surface area contributed by atoms with Gasteiger partial charge in [-0.15, -0.1) is 11.3 Å². The SMILES string of the molecule is Nc1nc(/C(=N/O[C@H](CC(=O)O)C(=O)O)C(=O)N[C@@H]2C(=O)N3[C@@H]2[S@](=O)C[C@@H]2CC(=O)O[C@@]23C(=O)O)cs1. The minimum absolute atomic E-state index is 0.0207. The Bertz CT molecular complexity index is 1280. The predicted molar refractivity (Wildman–Crippen MR) is 118 cm³/mol. The smallest absolute Gasteiger partial charge is 0.370 e. The average molecular weight is 559 g/mol. The summed E-state index contributed by atoms with van der Waals surface area (Å²) in [7, 11) is -1.89. The van der Waals surface area contributed by atoms with Crippen molar-refractivity contribution in [1.82, 2.24) is 15.2 Å². The van der Waals surface area contributed by atoms with Crippen LogP contribution in [-0.4, -0.2) is 99.8 Å². The number of rotatable bonds is 9. The van der Waals surface area contributed by atoms with Gasteiger partial charge >= 0.3 is 23.9 Å². The molecule has 1 aromatic heterocycles. The molecule has 0 saturated carbocycles. The Hall–Kier alpha value is -4.13. The van der Waals surface area contributed by atoms with Gasteiger partial charge in [-0.1, -0.05) is 5.16 Å². The van der Waals surface area contributed by atoms with Crippen molar-refractivity contribution in [2.45, 2.75) is 36.1 Å². The second-order valence-electron chi connectivity index (χ2n) is 8.02. The molecule has 0 aromatic carbocycles. The molecule has 2 amide bonds. The molecule has 3 fully saturated rings. The molecule has 4 heterocycles. The van der Waals surface area contributed by atoms with Crippen LogP contribution in [0.25, 0.3) is 0 Å². The lowest BCUT2D eigenvalue weighted by molar-refractivity contribution is -0.216. The Kier molecular flexibility index (Phi) is 6.59. The molecule has 17 nitrogen and oxygen atoms in total. The van der Waals surface area contributed by atoms with Crippen LogP contribution in [0, 0.1) is 5.92 Å². The molecular weight excluding hydrogens is 542 g/mol. The van der Waals surface area contributed by atoms with Gasteiger partial charge in [0.15, 0.2) is 10.8 Å². The second-order valence-corrected chi connectivity index (χ2v) is 10.5. The van der Waals surface area contributed by atoms with Gasteiger partial charge in [0.1, 0.15) is 17.1 Å². The number of thiazole rings is 1. The van der Waals surface area contributed by atoms with E-state index < -0.39 is 87.8 Å². The van der Waals surface area contributed by atoms with E-state index in [4.69, 9.17) is 25.5 Å². The highest BCUT2D eigenvalue weighted by Crippen LogP contribution is 2.47. The molecule has 3 aliphatic heterocycles. The van der Waals surface area contributed by atoms with Gasteiger partial charge in [-0.25, -0.2) is 14.6 Å². The summed E-state index contributed by atoms with van der Waals surface area (Å²) in [4.78, 5) is 81.3. The van der Waals surface area contributed by atoms with E-state index in [9.17, 15) is 38.1 Å². The number of nitrogen functional groups attached to an aromatic ring is 1. The molecule has 1 aromatic rings. The molecule has 0 unspecified atom stereocenters. The zero-order valence-electron chi connectivity index (χ0n) is 18.3. The van der Waals surface area contributed by atoms with Crippen molar-refractivity contribution in [3.05, 3.63) is 11.1 Å². The summed E-state index contributed by atoms with van der Waals surface area (Å²) in [6, 6.07) is -1.53. The van der Waals surface area contributed by atoms with Crippen LogP contribution in [0.1, 0.15) is 18.5 Å². The third-order valence-corrected chi connectivity index (χ3v) is 8.18. The number of anilines is 1. The van der Waals surface area contributed by atoms with E-state index in [1.165, 1.54) is 5.38 Å². The zero-order valence-corrected chi connectivity index (χ0v) is 19.9. The number of β-lactam (4-membered cyclic amide) rings is 1. The maximum absolute atomic E-state index is 13.0. The summed E-state index contributed by atoms with van der Waals surface area (Å²) >= 11 is 0.875. The van der Waals surface area contributed by atoms with E-state index in [0.29, 0.717) is 4.90 Å². The van der Waals surface area contributed by atoms with Crippen LogP contribution in [-0.2, 0) is 49.1 Å². The summed E-state index contributed by atoms with van der Waals surface area (Å²) in [5.41, 5.74) is 2.31. The van der Waals surface area contributed by atoms with Crippen LogP contribution in [0.3, 0.4) is 0 Å². The van der Waals surface area contributed by atoms with Crippen LogP contribution < -0.4 is 11.1 Å². The fraction of sp³-hybridized carbons (Fsp3) is 0.444. The van der Waals surface area contributed by atoms with E-state index in [1.54, 1.807) is 0 Å². The molecule has 37 heavy (non-hydrogen) atoms. The molecule has 3 aliphatic rings. The van der Waals surface area contributed by atoms with Crippen molar-refractivity contribution in [3.8, 4) is 0 Å². The number of nitrogens with one attached hydrogen (secondary N) is 1. The van der Waals surface area contributed by atoms with Gasteiger partial charge in [0.25, 0.3) is 17.5 Å². The van der Waals surface area contributed by atoms with Crippen molar-refractivity contribution < 1.29 is 57.9 Å². The third-order valence-electron chi connectivity index (χ3n) is 5.75. The first-order valence-corrected chi connectivity index (χ1v) is 12.5. The summed E-state index contributed by atoms with van der Waals surface area (Å²) in [6.07, 6.45) is -3.33. The van der Waals surface area contributed by atoms with Crippen molar-refractivity contribution in [2.24, 2.45) is 11.1 Å². The maximum atomic E-state index is 13.0. The quantitative estimate of drug-likeness (QED) is 0.0881. The van der Waals surface area contributed by atoms with Crippen molar-refractivity contribution >= 4 is 68.7 Å². The van der Waals surface area contributed by atoms with E-state index in [-0.39, 0.29) is 23.0 Å². The van der Waals surface area contributed by atoms with Crippen LogP contribution in [0.5, 0.6) is 0 Å². The number of aliphatic carboxylic acids is 3. The van der Waals surface area contributed by atoms with Gasteiger partial charge in [0.05, 0.1) is 18.8 Å². The van der Waals surface area contributed by atoms with Crippen LogP contribution in [0.15, 0.2) is 10.5 Å². The number of ether oxygens (including phenoxy) is 1. The van der Waals surface area contributed by atoms with E-state index in [2.05, 4.69) is 15.5 Å².